The molecule has 0 bridgehead atoms. The van der Waals surface area contributed by atoms with E-state index in [1.165, 1.54) is 5.56 Å². The van der Waals surface area contributed by atoms with Gasteiger partial charge in [0.15, 0.2) is 0 Å². The third-order valence-corrected chi connectivity index (χ3v) is 6.98. The number of amides is 1. The summed E-state index contributed by atoms with van der Waals surface area (Å²) >= 11 is 3.26. The van der Waals surface area contributed by atoms with Crippen LogP contribution in [0.4, 0.5) is 5.82 Å². The fraction of sp³-hybridized carbons (Fsp3) is 0.379. The minimum Gasteiger partial charge on any atom is -0.379 e. The van der Waals surface area contributed by atoms with E-state index in [2.05, 4.69) is 48.6 Å². The molecule has 0 saturated carbocycles. The van der Waals surface area contributed by atoms with E-state index in [9.17, 15) is 9.59 Å². The minimum absolute atomic E-state index is 0.0268. The molecule has 0 radical (unpaired) electrons. The fourth-order valence-corrected chi connectivity index (χ4v) is 5.04. The number of hydrogen-bond donors (Lipinski definition) is 4. The molecule has 10 heteroatoms. The summed E-state index contributed by atoms with van der Waals surface area (Å²) < 4.78 is 5.49. The number of hydrogen-bond acceptors (Lipinski definition) is 7. The van der Waals surface area contributed by atoms with Crippen LogP contribution in [0, 0.1) is 19.3 Å². The molecule has 0 aliphatic carbocycles. The molecule has 0 atom stereocenters. The number of aromatic nitrogens is 2. The van der Waals surface area contributed by atoms with Crippen LogP contribution in [0.25, 0.3) is 11.3 Å². The lowest BCUT2D eigenvalue weighted by atomic mass is 10.0. The number of aromatic amines is 1. The molecule has 1 saturated heterocycles. The van der Waals surface area contributed by atoms with Crippen molar-refractivity contribution in [2.45, 2.75) is 46.8 Å². The number of ether oxygens (including phenoxy) is 1. The lowest BCUT2D eigenvalue weighted by molar-refractivity contribution is 0.0342. The first-order chi connectivity index (χ1) is 18.6. The molecule has 1 aromatic carbocycles. The van der Waals surface area contributed by atoms with Crippen molar-refractivity contribution in [1.29, 1.82) is 5.41 Å². The van der Waals surface area contributed by atoms with Crippen molar-refractivity contribution in [2.75, 3.05) is 31.6 Å². The summed E-state index contributed by atoms with van der Waals surface area (Å²) in [6.07, 6.45) is 0. The number of aryl methyl sites for hydroxylation is 2. The summed E-state index contributed by atoms with van der Waals surface area (Å²) in [5.74, 6) is 0.0456. The van der Waals surface area contributed by atoms with Gasteiger partial charge in [-0.25, -0.2) is 4.98 Å². The number of benzene rings is 1. The van der Waals surface area contributed by atoms with Crippen LogP contribution in [-0.4, -0.2) is 57.7 Å². The summed E-state index contributed by atoms with van der Waals surface area (Å²) in [7, 11) is 0. The van der Waals surface area contributed by atoms with Gasteiger partial charge in [0.2, 0.25) is 0 Å². The molecular formula is C29H35BrN6O3. The molecule has 4 N–H and O–H groups in total. The largest absolute Gasteiger partial charge is 0.379 e. The maximum absolute atomic E-state index is 13.5. The molecule has 3 heterocycles. The smallest absolute Gasteiger partial charge is 0.253 e. The van der Waals surface area contributed by atoms with Crippen molar-refractivity contribution in [1.82, 2.24) is 20.2 Å². The van der Waals surface area contributed by atoms with Gasteiger partial charge in [-0.05, 0) is 66.9 Å². The number of morpholine rings is 1. The molecule has 3 aromatic rings. The van der Waals surface area contributed by atoms with Crippen LogP contribution in [0.1, 0.15) is 52.2 Å². The third-order valence-electron chi connectivity index (χ3n) is 6.59. The summed E-state index contributed by atoms with van der Waals surface area (Å²) in [6.45, 7) is 11.9. The Morgan fingerprint density at radius 3 is 2.49 bits per heavy atom. The predicted molar refractivity (Wildman–Crippen MR) is 158 cm³/mol. The van der Waals surface area contributed by atoms with Crippen molar-refractivity contribution >= 4 is 32.3 Å². The first-order valence-corrected chi connectivity index (χ1v) is 13.8. The molecule has 4 rings (SSSR count). The van der Waals surface area contributed by atoms with Gasteiger partial charge in [0.05, 0.1) is 30.0 Å². The Bertz CT molecular complexity index is 1410. The molecule has 206 valence electrons. The van der Waals surface area contributed by atoms with Gasteiger partial charge in [0.1, 0.15) is 10.4 Å². The Morgan fingerprint density at radius 2 is 1.87 bits per heavy atom. The van der Waals surface area contributed by atoms with Gasteiger partial charge in [-0.1, -0.05) is 24.3 Å². The van der Waals surface area contributed by atoms with Crippen LogP contribution < -0.4 is 16.2 Å². The number of nitrogens with zero attached hydrogens (tertiary/aromatic N) is 2. The third kappa shape index (κ3) is 7.20. The van der Waals surface area contributed by atoms with Crippen LogP contribution in [0.15, 0.2) is 41.2 Å². The maximum Gasteiger partial charge on any atom is 0.253 e. The standard InChI is InChI=1S/C29H35BrN6O3/c1-17(2)33-27-25(26(30)31)22(28(37)32-15-23-18(3)13-19(4)34-29(23)38)14-24(35-27)21-7-5-20(6-8-21)16-36-9-11-39-12-10-36/h5-8,13-14,17,31H,9-12,15-16H2,1-4H3,(H,32,37)(H,33,35)(H,34,38). The summed E-state index contributed by atoms with van der Waals surface area (Å²) in [6, 6.07) is 11.8. The van der Waals surface area contributed by atoms with Gasteiger partial charge in [0, 0.05) is 49.0 Å². The fourth-order valence-electron chi connectivity index (χ4n) is 4.64. The van der Waals surface area contributed by atoms with E-state index in [0.717, 1.165) is 49.7 Å². The van der Waals surface area contributed by atoms with Crippen LogP contribution >= 0.6 is 15.9 Å². The number of rotatable bonds is 9. The van der Waals surface area contributed by atoms with Gasteiger partial charge in [-0.15, -0.1) is 0 Å². The van der Waals surface area contributed by atoms with E-state index >= 15 is 0 Å². The highest BCUT2D eigenvalue weighted by Crippen LogP contribution is 2.29. The minimum atomic E-state index is -0.395. The SMILES string of the molecule is Cc1cc(C)c(CNC(=O)c2cc(-c3ccc(CN4CCOCC4)cc3)nc(NC(C)C)c2C(=N)Br)c(=O)[nH]1. The van der Waals surface area contributed by atoms with Crippen LogP contribution in [0.3, 0.4) is 0 Å². The number of pyridine rings is 2. The highest BCUT2D eigenvalue weighted by molar-refractivity contribution is 9.18. The van der Waals surface area contributed by atoms with E-state index in [1.807, 2.05) is 45.9 Å². The summed E-state index contributed by atoms with van der Waals surface area (Å²) in [5.41, 5.74) is 5.17. The Labute approximate surface area is 237 Å². The maximum atomic E-state index is 13.5. The Hall–Kier alpha value is -3.34. The van der Waals surface area contributed by atoms with Crippen LogP contribution in [-0.2, 0) is 17.8 Å². The zero-order valence-corrected chi connectivity index (χ0v) is 24.4. The topological polar surface area (TPSA) is 123 Å². The molecule has 9 nitrogen and oxygen atoms in total. The van der Waals surface area contributed by atoms with Crippen molar-refractivity contribution in [3.05, 3.63) is 80.3 Å². The molecule has 0 unspecified atom stereocenters. The van der Waals surface area contributed by atoms with Gasteiger partial charge in [0.25, 0.3) is 11.5 Å². The quantitative estimate of drug-likeness (QED) is 0.273. The van der Waals surface area contributed by atoms with Crippen LogP contribution in [0.2, 0.25) is 0 Å². The number of nitrogens with one attached hydrogen (secondary N) is 4. The Morgan fingerprint density at radius 1 is 1.18 bits per heavy atom. The van der Waals surface area contributed by atoms with E-state index in [0.29, 0.717) is 28.2 Å². The highest BCUT2D eigenvalue weighted by Gasteiger charge is 2.22. The number of anilines is 1. The Balaban J connectivity index is 1.66. The number of halogens is 1. The number of H-pyrrole nitrogens is 1. The molecule has 0 spiro atoms. The van der Waals surface area contributed by atoms with E-state index in [4.69, 9.17) is 15.1 Å². The zero-order valence-electron chi connectivity index (χ0n) is 22.8. The lowest BCUT2D eigenvalue weighted by Gasteiger charge is -2.26. The molecule has 1 fully saturated rings. The second-order valence-electron chi connectivity index (χ2n) is 10.1. The predicted octanol–water partition coefficient (Wildman–Crippen LogP) is 4.36. The van der Waals surface area contributed by atoms with E-state index in [-0.39, 0.29) is 22.8 Å². The monoisotopic (exact) mass is 594 g/mol. The van der Waals surface area contributed by atoms with E-state index < -0.39 is 5.91 Å². The summed E-state index contributed by atoms with van der Waals surface area (Å²) in [5, 5.41) is 14.5. The highest BCUT2D eigenvalue weighted by atomic mass is 79.9. The van der Waals surface area contributed by atoms with Gasteiger partial charge >= 0.3 is 0 Å². The van der Waals surface area contributed by atoms with E-state index in [1.54, 1.807) is 6.07 Å². The molecule has 1 amide bonds. The van der Waals surface area contributed by atoms with Gasteiger partial charge < -0.3 is 20.4 Å². The molecule has 1 aliphatic heterocycles. The average molecular weight is 596 g/mol. The number of carbonyl (C=O) groups is 1. The number of carbonyl (C=O) groups excluding carboxylic acids is 1. The van der Waals surface area contributed by atoms with Crippen molar-refractivity contribution in [3.8, 4) is 11.3 Å². The first kappa shape index (κ1) is 28.7. The van der Waals surface area contributed by atoms with Gasteiger partial charge in [-0.2, -0.15) is 0 Å². The molecule has 1 aliphatic rings. The molecule has 2 aromatic heterocycles. The average Bonchev–Trinajstić information content (AvgIpc) is 2.88. The first-order valence-electron chi connectivity index (χ1n) is 13.1. The van der Waals surface area contributed by atoms with Crippen molar-refractivity contribution < 1.29 is 9.53 Å². The molecule has 39 heavy (non-hydrogen) atoms. The van der Waals surface area contributed by atoms with Crippen LogP contribution in [0.5, 0.6) is 0 Å². The van der Waals surface area contributed by atoms with Crippen molar-refractivity contribution in [2.24, 2.45) is 0 Å². The second kappa shape index (κ2) is 12.7. The van der Waals surface area contributed by atoms with Crippen molar-refractivity contribution in [3.63, 3.8) is 0 Å². The molecular weight excluding hydrogens is 560 g/mol. The van der Waals surface area contributed by atoms with Gasteiger partial charge in [-0.3, -0.25) is 19.9 Å². The Kier molecular flexibility index (Phi) is 9.32. The normalized spacial score (nSPS) is 13.9. The summed E-state index contributed by atoms with van der Waals surface area (Å²) in [4.78, 5) is 35.9. The second-order valence-corrected chi connectivity index (χ2v) is 10.9. The lowest BCUT2D eigenvalue weighted by Crippen LogP contribution is -2.35. The zero-order chi connectivity index (χ0) is 28.1.